The Morgan fingerprint density at radius 3 is 2.68 bits per heavy atom. The standard InChI is InChI=1S/C21H24O4/c1-10(2)24-21(23)25-20-16-7-11(3)5-6-14(16)19(22)18-15-9-13(17(18)20)8-12(15)4/h5-7,10,12-13,15,22H,8-9H2,1-4H3. The molecule has 3 unspecified atom stereocenters. The molecule has 0 aliphatic heterocycles. The van der Waals surface area contributed by atoms with Crippen LogP contribution < -0.4 is 4.74 Å². The van der Waals surface area contributed by atoms with Gasteiger partial charge >= 0.3 is 6.16 Å². The van der Waals surface area contributed by atoms with Crippen molar-refractivity contribution in [3.05, 3.63) is 34.9 Å². The molecule has 1 fully saturated rings. The summed E-state index contributed by atoms with van der Waals surface area (Å²) >= 11 is 0. The maximum Gasteiger partial charge on any atom is 0.514 e. The van der Waals surface area contributed by atoms with Crippen molar-refractivity contribution in [2.45, 2.75) is 58.5 Å². The molecule has 0 saturated heterocycles. The molecule has 2 aliphatic rings. The van der Waals surface area contributed by atoms with Crippen molar-refractivity contribution in [2.24, 2.45) is 5.92 Å². The van der Waals surface area contributed by atoms with Gasteiger partial charge in [0.25, 0.3) is 0 Å². The number of hydrogen-bond donors (Lipinski definition) is 1. The molecule has 0 radical (unpaired) electrons. The zero-order valence-electron chi connectivity index (χ0n) is 15.1. The number of ether oxygens (including phenoxy) is 2. The fourth-order valence-electron chi connectivity index (χ4n) is 4.67. The monoisotopic (exact) mass is 340 g/mol. The summed E-state index contributed by atoms with van der Waals surface area (Å²) in [5.41, 5.74) is 3.05. The second-order valence-corrected chi connectivity index (χ2v) is 7.82. The number of phenolic OH excluding ortho intramolecular Hbond substituents is 1. The van der Waals surface area contributed by atoms with Gasteiger partial charge < -0.3 is 14.6 Å². The Labute approximate surface area is 147 Å². The molecule has 4 heteroatoms. The van der Waals surface area contributed by atoms with E-state index >= 15 is 0 Å². The number of carbonyl (C=O) groups is 1. The lowest BCUT2D eigenvalue weighted by Gasteiger charge is -2.26. The molecule has 4 nitrogen and oxygen atoms in total. The molecule has 0 aromatic heterocycles. The summed E-state index contributed by atoms with van der Waals surface area (Å²) in [5, 5.41) is 12.5. The van der Waals surface area contributed by atoms with E-state index < -0.39 is 6.16 Å². The number of hydrogen-bond acceptors (Lipinski definition) is 4. The fourth-order valence-corrected chi connectivity index (χ4v) is 4.67. The summed E-state index contributed by atoms with van der Waals surface area (Å²) in [4.78, 5) is 12.2. The zero-order valence-corrected chi connectivity index (χ0v) is 15.1. The van der Waals surface area contributed by atoms with E-state index in [1.54, 1.807) is 13.8 Å². The number of aromatic hydroxyl groups is 1. The van der Waals surface area contributed by atoms with Gasteiger partial charge in [0.15, 0.2) is 0 Å². The van der Waals surface area contributed by atoms with Gasteiger partial charge in [-0.15, -0.1) is 0 Å². The van der Waals surface area contributed by atoms with E-state index in [0.29, 0.717) is 29.3 Å². The first kappa shape index (κ1) is 16.2. The molecule has 0 heterocycles. The van der Waals surface area contributed by atoms with Gasteiger partial charge in [-0.25, -0.2) is 4.79 Å². The van der Waals surface area contributed by atoms with Crippen molar-refractivity contribution >= 4 is 16.9 Å². The predicted octanol–water partition coefficient (Wildman–Crippen LogP) is 5.39. The van der Waals surface area contributed by atoms with Gasteiger partial charge in [-0.3, -0.25) is 0 Å². The Hall–Kier alpha value is -2.23. The summed E-state index contributed by atoms with van der Waals surface area (Å²) < 4.78 is 10.9. The van der Waals surface area contributed by atoms with Crippen LogP contribution in [0.3, 0.4) is 0 Å². The molecule has 0 amide bonds. The van der Waals surface area contributed by atoms with Crippen molar-refractivity contribution in [1.82, 2.24) is 0 Å². The topological polar surface area (TPSA) is 55.8 Å². The smallest absolute Gasteiger partial charge is 0.507 e. The zero-order chi connectivity index (χ0) is 17.9. The molecule has 25 heavy (non-hydrogen) atoms. The predicted molar refractivity (Wildman–Crippen MR) is 96.5 cm³/mol. The van der Waals surface area contributed by atoms with Crippen LogP contribution in [-0.4, -0.2) is 17.4 Å². The summed E-state index contributed by atoms with van der Waals surface area (Å²) in [6.07, 6.45) is 1.18. The summed E-state index contributed by atoms with van der Waals surface area (Å²) in [6.45, 7) is 7.83. The lowest BCUT2D eigenvalue weighted by molar-refractivity contribution is 0.0729. The molecule has 2 aromatic rings. The van der Waals surface area contributed by atoms with Crippen LogP contribution >= 0.6 is 0 Å². The Morgan fingerprint density at radius 2 is 1.96 bits per heavy atom. The molecule has 132 valence electrons. The maximum absolute atomic E-state index is 12.2. The second-order valence-electron chi connectivity index (χ2n) is 7.82. The number of phenols is 1. The average Bonchev–Trinajstić information content (AvgIpc) is 3.07. The number of aryl methyl sites for hydroxylation is 1. The van der Waals surface area contributed by atoms with Crippen molar-refractivity contribution in [2.75, 3.05) is 0 Å². The van der Waals surface area contributed by atoms with Crippen molar-refractivity contribution in [3.8, 4) is 11.5 Å². The van der Waals surface area contributed by atoms with Gasteiger partial charge in [0.05, 0.1) is 6.10 Å². The Balaban J connectivity index is 1.94. The first-order chi connectivity index (χ1) is 11.9. The van der Waals surface area contributed by atoms with E-state index in [0.717, 1.165) is 40.3 Å². The molecule has 2 aliphatic carbocycles. The van der Waals surface area contributed by atoms with E-state index in [4.69, 9.17) is 9.47 Å². The van der Waals surface area contributed by atoms with E-state index in [1.807, 2.05) is 25.1 Å². The highest BCUT2D eigenvalue weighted by atomic mass is 16.7. The highest BCUT2D eigenvalue weighted by molar-refractivity contribution is 5.98. The molecule has 0 spiro atoms. The molecule has 2 aromatic carbocycles. The van der Waals surface area contributed by atoms with Crippen molar-refractivity contribution in [3.63, 3.8) is 0 Å². The fraction of sp³-hybridized carbons (Fsp3) is 0.476. The van der Waals surface area contributed by atoms with Gasteiger partial charge in [-0.05, 0) is 57.4 Å². The Kier molecular flexibility index (Phi) is 3.67. The van der Waals surface area contributed by atoms with Crippen LogP contribution in [0.15, 0.2) is 18.2 Å². The third-order valence-corrected chi connectivity index (χ3v) is 5.64. The number of carbonyl (C=O) groups excluding carboxylic acids is 1. The van der Waals surface area contributed by atoms with Crippen molar-refractivity contribution < 1.29 is 19.4 Å². The van der Waals surface area contributed by atoms with Gasteiger partial charge in [0, 0.05) is 21.9 Å². The van der Waals surface area contributed by atoms with Gasteiger partial charge in [-0.1, -0.05) is 24.6 Å². The molecule has 4 rings (SSSR count). The Morgan fingerprint density at radius 1 is 1.20 bits per heavy atom. The van der Waals surface area contributed by atoms with Crippen LogP contribution in [0.25, 0.3) is 10.8 Å². The van der Waals surface area contributed by atoms with Gasteiger partial charge in [0.2, 0.25) is 0 Å². The quantitative estimate of drug-likeness (QED) is 0.588. The third-order valence-electron chi connectivity index (χ3n) is 5.64. The van der Waals surface area contributed by atoms with Crippen LogP contribution in [0, 0.1) is 12.8 Å². The molecular formula is C21H24O4. The lowest BCUT2D eigenvalue weighted by atomic mass is 9.82. The Bertz CT molecular complexity index is 868. The third kappa shape index (κ3) is 2.46. The highest BCUT2D eigenvalue weighted by Crippen LogP contribution is 2.62. The number of benzene rings is 2. The number of fused-ring (bicyclic) bond motifs is 6. The number of rotatable bonds is 2. The van der Waals surface area contributed by atoms with Gasteiger partial charge in [-0.2, -0.15) is 0 Å². The van der Waals surface area contributed by atoms with Crippen LogP contribution in [0.4, 0.5) is 4.79 Å². The van der Waals surface area contributed by atoms with Crippen molar-refractivity contribution in [1.29, 1.82) is 0 Å². The summed E-state index contributed by atoms with van der Waals surface area (Å²) in [6, 6.07) is 5.86. The van der Waals surface area contributed by atoms with Crippen LogP contribution in [-0.2, 0) is 4.74 Å². The highest BCUT2D eigenvalue weighted by Gasteiger charge is 2.46. The van der Waals surface area contributed by atoms with E-state index in [1.165, 1.54) is 0 Å². The molecule has 3 atom stereocenters. The van der Waals surface area contributed by atoms with E-state index in [-0.39, 0.29) is 6.10 Å². The minimum Gasteiger partial charge on any atom is -0.507 e. The largest absolute Gasteiger partial charge is 0.514 e. The molecule has 1 saturated carbocycles. The normalized spacial score (nSPS) is 24.0. The SMILES string of the molecule is Cc1ccc2c(O)c3c(c(OC(=O)OC(C)C)c2c1)C1CC(C)C3C1. The molecular weight excluding hydrogens is 316 g/mol. The van der Waals surface area contributed by atoms with Crippen LogP contribution in [0.1, 0.15) is 62.1 Å². The minimum atomic E-state index is -0.679. The lowest BCUT2D eigenvalue weighted by Crippen LogP contribution is -2.18. The molecule has 1 N–H and O–H groups in total. The van der Waals surface area contributed by atoms with Crippen LogP contribution in [0.2, 0.25) is 0 Å². The maximum atomic E-state index is 12.2. The van der Waals surface area contributed by atoms with E-state index in [9.17, 15) is 9.90 Å². The average molecular weight is 340 g/mol. The van der Waals surface area contributed by atoms with Crippen LogP contribution in [0.5, 0.6) is 11.5 Å². The second kappa shape index (κ2) is 5.65. The van der Waals surface area contributed by atoms with E-state index in [2.05, 4.69) is 6.92 Å². The molecule has 2 bridgehead atoms. The summed E-state index contributed by atoms with van der Waals surface area (Å²) in [7, 11) is 0. The first-order valence-corrected chi connectivity index (χ1v) is 9.04. The minimum absolute atomic E-state index is 0.234. The van der Waals surface area contributed by atoms with Gasteiger partial charge in [0.1, 0.15) is 11.5 Å². The summed E-state index contributed by atoms with van der Waals surface area (Å²) in [5.74, 6) is 2.16. The first-order valence-electron chi connectivity index (χ1n) is 9.04.